The van der Waals surface area contributed by atoms with Crippen LogP contribution in [0.2, 0.25) is 29.5 Å². The average molecular weight is 373 g/mol. The van der Waals surface area contributed by atoms with Crippen molar-refractivity contribution in [3.63, 3.8) is 0 Å². The van der Waals surface area contributed by atoms with Crippen LogP contribution in [0.15, 0.2) is 39.6 Å². The van der Waals surface area contributed by atoms with Gasteiger partial charge in [0.05, 0.1) is 0 Å². The Morgan fingerprint density at radius 1 is 0.895 bits per heavy atom. The van der Waals surface area contributed by atoms with Gasteiger partial charge in [0.2, 0.25) is 0 Å². The van der Waals surface area contributed by atoms with Crippen molar-refractivity contribution in [3.05, 3.63) is 45.2 Å². The molecule has 98 valence electrons. The first kappa shape index (κ1) is 13.4. The molecule has 1 heterocycles. The van der Waals surface area contributed by atoms with E-state index in [1.807, 2.05) is 3.21 Å². The Morgan fingerprint density at radius 3 is 2.26 bits per heavy atom. The fourth-order valence-electron chi connectivity index (χ4n) is 3.73. The predicted octanol–water partition coefficient (Wildman–Crippen LogP) is 4.57. The van der Waals surface area contributed by atoms with Crippen LogP contribution in [0.3, 0.4) is 0 Å². The van der Waals surface area contributed by atoms with E-state index in [-0.39, 0.29) is 0 Å². The summed E-state index contributed by atoms with van der Waals surface area (Å²) in [5.41, 5.74) is 1.52. The third-order valence-corrected chi connectivity index (χ3v) is 26.2. The van der Waals surface area contributed by atoms with Crippen LogP contribution in [0, 0.1) is 0 Å². The first-order valence-corrected chi connectivity index (χ1v) is 19.1. The maximum absolute atomic E-state index is 2.61. The monoisotopic (exact) mass is 374 g/mol. The molecule has 0 nitrogen and oxygen atoms in total. The SMILES string of the molecule is C[Si](C)(C)[C]1=Cc2ccc3ccccc3[c]2[Sn]1([CH3])[CH3]. The van der Waals surface area contributed by atoms with Gasteiger partial charge in [0.1, 0.15) is 0 Å². The number of hydrogen-bond acceptors (Lipinski definition) is 0. The van der Waals surface area contributed by atoms with Crippen molar-refractivity contribution < 1.29 is 0 Å². The van der Waals surface area contributed by atoms with Gasteiger partial charge in [-0.25, -0.2) is 0 Å². The summed E-state index contributed by atoms with van der Waals surface area (Å²) in [5, 5.41) is 2.93. The molecule has 2 aromatic carbocycles. The van der Waals surface area contributed by atoms with Gasteiger partial charge in [0, 0.05) is 0 Å². The summed E-state index contributed by atoms with van der Waals surface area (Å²) in [6, 6.07) is 13.6. The molecule has 0 fully saturated rings. The second kappa shape index (κ2) is 4.22. The van der Waals surface area contributed by atoms with E-state index in [0.29, 0.717) is 0 Å². The molecule has 19 heavy (non-hydrogen) atoms. The normalized spacial score (nSPS) is 17.4. The second-order valence-electron chi connectivity index (χ2n) is 7.18. The summed E-state index contributed by atoms with van der Waals surface area (Å²) in [4.78, 5) is 5.22. The first-order chi connectivity index (χ1) is 8.82. The van der Waals surface area contributed by atoms with E-state index in [9.17, 15) is 0 Å². The molecule has 0 bridgehead atoms. The molecular weight excluding hydrogens is 351 g/mol. The van der Waals surface area contributed by atoms with Gasteiger partial charge in [-0.1, -0.05) is 0 Å². The summed E-state index contributed by atoms with van der Waals surface area (Å²) in [5.74, 6) is 0. The quantitative estimate of drug-likeness (QED) is 0.643. The zero-order valence-corrected chi connectivity index (χ0v) is 16.4. The third kappa shape index (κ3) is 2.02. The van der Waals surface area contributed by atoms with Crippen molar-refractivity contribution in [2.24, 2.45) is 0 Å². The van der Waals surface area contributed by atoms with E-state index in [0.717, 1.165) is 0 Å². The molecule has 2 aromatic rings. The van der Waals surface area contributed by atoms with Crippen LogP contribution in [0.4, 0.5) is 0 Å². The van der Waals surface area contributed by atoms with Crippen LogP contribution in [0.1, 0.15) is 5.56 Å². The maximum atomic E-state index is 2.61. The van der Waals surface area contributed by atoms with Gasteiger partial charge in [-0.05, 0) is 0 Å². The van der Waals surface area contributed by atoms with Gasteiger partial charge in [-0.15, -0.1) is 0 Å². The van der Waals surface area contributed by atoms with Crippen molar-refractivity contribution >= 4 is 46.9 Å². The van der Waals surface area contributed by atoms with Gasteiger partial charge >= 0.3 is 122 Å². The van der Waals surface area contributed by atoms with Crippen LogP contribution in [-0.2, 0) is 0 Å². The number of rotatable bonds is 1. The fraction of sp³-hybridized carbons (Fsp3) is 0.294. The molecule has 0 atom stereocenters. The molecule has 2 heteroatoms. The predicted molar refractivity (Wildman–Crippen MR) is 92.4 cm³/mol. The molecule has 1 aliphatic rings. The van der Waals surface area contributed by atoms with Gasteiger partial charge in [-0.2, -0.15) is 0 Å². The average Bonchev–Trinajstić information content (AvgIpc) is 2.61. The summed E-state index contributed by atoms with van der Waals surface area (Å²) < 4.78 is 3.62. The van der Waals surface area contributed by atoms with Crippen molar-refractivity contribution in [3.8, 4) is 0 Å². The molecule has 0 aromatic heterocycles. The van der Waals surface area contributed by atoms with Crippen LogP contribution in [0.25, 0.3) is 16.8 Å². The molecule has 0 spiro atoms. The Labute approximate surface area is 121 Å². The van der Waals surface area contributed by atoms with Gasteiger partial charge in [-0.3, -0.25) is 0 Å². The summed E-state index contributed by atoms with van der Waals surface area (Å²) in [6.45, 7) is 7.52. The summed E-state index contributed by atoms with van der Waals surface area (Å²) in [7, 11) is -1.19. The van der Waals surface area contributed by atoms with Crippen molar-refractivity contribution in [2.75, 3.05) is 0 Å². The Bertz CT molecular complexity index is 690. The zero-order valence-electron chi connectivity index (χ0n) is 12.5. The minimum atomic E-state index is -2.31. The molecule has 0 N–H and O–H groups in total. The molecule has 0 amide bonds. The van der Waals surface area contributed by atoms with Crippen molar-refractivity contribution in [1.29, 1.82) is 0 Å². The standard InChI is InChI=1S/C15H16Si.2CH3.Sn/c1-16(2,3)11-10-13-8-9-14-6-4-5-7-15(14)12-13;;;/h4-10H,1-3H3;2*1H3;. The molecule has 0 unspecified atom stereocenters. The molecule has 0 radical (unpaired) electrons. The van der Waals surface area contributed by atoms with Crippen molar-refractivity contribution in [2.45, 2.75) is 29.5 Å². The van der Waals surface area contributed by atoms with Crippen molar-refractivity contribution in [1.82, 2.24) is 0 Å². The van der Waals surface area contributed by atoms with E-state index in [1.165, 1.54) is 16.3 Å². The van der Waals surface area contributed by atoms with E-state index in [2.05, 4.69) is 72.0 Å². The first-order valence-electron chi connectivity index (χ1n) is 7.07. The molecule has 3 rings (SSSR count). The van der Waals surface area contributed by atoms with Crippen LogP contribution in [-0.4, -0.2) is 26.5 Å². The fourth-order valence-corrected chi connectivity index (χ4v) is 30.4. The summed E-state index contributed by atoms with van der Waals surface area (Å²) in [6.07, 6.45) is 2.56. The number of benzene rings is 2. The molecule has 0 aliphatic carbocycles. The zero-order chi connectivity index (χ0) is 13.8. The molecular formula is C17H22SiSn. The molecule has 0 saturated heterocycles. The molecule has 1 aliphatic heterocycles. The van der Waals surface area contributed by atoms with Crippen LogP contribution < -0.4 is 3.58 Å². The van der Waals surface area contributed by atoms with E-state index < -0.39 is 26.5 Å². The number of fused-ring (bicyclic) bond motifs is 3. The Kier molecular flexibility index (Phi) is 2.99. The van der Waals surface area contributed by atoms with E-state index in [4.69, 9.17) is 0 Å². The Hall–Kier alpha value is -0.544. The third-order valence-electron chi connectivity index (χ3n) is 4.37. The minimum absolute atomic E-state index is 1.19. The van der Waals surface area contributed by atoms with Crippen LogP contribution >= 0.6 is 0 Å². The van der Waals surface area contributed by atoms with E-state index in [1.54, 1.807) is 3.58 Å². The Balaban J connectivity index is 2.33. The van der Waals surface area contributed by atoms with E-state index >= 15 is 0 Å². The summed E-state index contributed by atoms with van der Waals surface area (Å²) >= 11 is -2.31. The van der Waals surface area contributed by atoms with Crippen LogP contribution in [0.5, 0.6) is 0 Å². The topological polar surface area (TPSA) is 0 Å². The second-order valence-corrected chi connectivity index (χ2v) is 25.9. The molecule has 0 saturated carbocycles. The van der Waals surface area contributed by atoms with Gasteiger partial charge in [0.25, 0.3) is 0 Å². The van der Waals surface area contributed by atoms with Gasteiger partial charge in [0.15, 0.2) is 0 Å². The number of hydrogen-bond donors (Lipinski definition) is 0. The Morgan fingerprint density at radius 2 is 1.58 bits per heavy atom. The van der Waals surface area contributed by atoms with Gasteiger partial charge < -0.3 is 0 Å².